The highest BCUT2D eigenvalue weighted by Gasteiger charge is 2.37. The number of alkyl carbamates (subject to hydrolysis) is 1. The van der Waals surface area contributed by atoms with Crippen molar-refractivity contribution in [1.82, 2.24) is 10.3 Å². The SMILES string of the molecule is CC(C)(C)OC(=O)N[C@H](c1ccccc1)C1Sc2ncccc2NC1=O. The molecule has 7 heteroatoms. The van der Waals surface area contributed by atoms with Crippen LogP contribution in [0.3, 0.4) is 0 Å². The number of hydrogen-bond donors (Lipinski definition) is 2. The largest absolute Gasteiger partial charge is 0.444 e. The number of carbonyl (C=O) groups excluding carboxylic acids is 2. The minimum atomic E-state index is -0.624. The summed E-state index contributed by atoms with van der Waals surface area (Å²) in [6.45, 7) is 5.39. The van der Waals surface area contributed by atoms with Gasteiger partial charge < -0.3 is 15.4 Å². The van der Waals surface area contributed by atoms with Crippen LogP contribution < -0.4 is 10.6 Å². The number of nitrogens with zero attached hydrogens (tertiary/aromatic N) is 1. The second-order valence-electron chi connectivity index (χ2n) is 6.92. The molecule has 2 N–H and O–H groups in total. The molecule has 2 heterocycles. The highest BCUT2D eigenvalue weighted by atomic mass is 32.2. The molecule has 2 amide bonds. The van der Waals surface area contributed by atoms with E-state index in [9.17, 15) is 9.59 Å². The van der Waals surface area contributed by atoms with Crippen LogP contribution >= 0.6 is 11.8 Å². The van der Waals surface area contributed by atoms with Crippen LogP contribution in [0.2, 0.25) is 0 Å². The Kier molecular flexibility index (Phi) is 5.18. The molecular formula is C19H21N3O3S. The highest BCUT2D eigenvalue weighted by Crippen LogP contribution is 2.39. The number of nitrogens with one attached hydrogen (secondary N) is 2. The van der Waals surface area contributed by atoms with Gasteiger partial charge in [-0.25, -0.2) is 9.78 Å². The van der Waals surface area contributed by atoms with Crippen molar-refractivity contribution in [3.05, 3.63) is 54.2 Å². The smallest absolute Gasteiger partial charge is 0.408 e. The van der Waals surface area contributed by atoms with Crippen LogP contribution in [0.25, 0.3) is 0 Å². The summed E-state index contributed by atoms with van der Waals surface area (Å²) in [4.78, 5) is 29.4. The van der Waals surface area contributed by atoms with E-state index in [1.54, 1.807) is 33.0 Å². The van der Waals surface area contributed by atoms with Crippen LogP contribution in [-0.4, -0.2) is 27.8 Å². The predicted molar refractivity (Wildman–Crippen MR) is 101 cm³/mol. The monoisotopic (exact) mass is 371 g/mol. The molecule has 136 valence electrons. The zero-order valence-electron chi connectivity index (χ0n) is 14.9. The number of fused-ring (bicyclic) bond motifs is 1. The summed E-state index contributed by atoms with van der Waals surface area (Å²) in [6, 6.07) is 12.4. The average molecular weight is 371 g/mol. The van der Waals surface area contributed by atoms with E-state index in [1.807, 2.05) is 36.4 Å². The lowest BCUT2D eigenvalue weighted by Crippen LogP contribution is -2.44. The summed E-state index contributed by atoms with van der Waals surface area (Å²) >= 11 is 1.33. The molecule has 2 atom stereocenters. The Hall–Kier alpha value is -2.54. The molecule has 0 saturated heterocycles. The molecule has 6 nitrogen and oxygen atoms in total. The number of benzene rings is 1. The first-order chi connectivity index (χ1) is 12.3. The first kappa shape index (κ1) is 18.3. The van der Waals surface area contributed by atoms with E-state index < -0.39 is 23.0 Å². The zero-order valence-corrected chi connectivity index (χ0v) is 15.7. The molecule has 0 spiro atoms. The maximum atomic E-state index is 12.7. The lowest BCUT2D eigenvalue weighted by atomic mass is 10.0. The number of rotatable bonds is 3. The Morgan fingerprint density at radius 1 is 1.23 bits per heavy atom. The summed E-state index contributed by atoms with van der Waals surface area (Å²) in [5, 5.41) is 5.88. The molecule has 1 unspecified atom stereocenters. The van der Waals surface area contributed by atoms with Crippen LogP contribution in [0.1, 0.15) is 32.4 Å². The summed E-state index contributed by atoms with van der Waals surface area (Å²) in [6.07, 6.45) is 1.12. The molecule has 26 heavy (non-hydrogen) atoms. The van der Waals surface area contributed by atoms with Crippen molar-refractivity contribution in [3.8, 4) is 0 Å². The molecule has 1 aliphatic rings. The maximum absolute atomic E-state index is 12.7. The van der Waals surface area contributed by atoms with Gasteiger partial charge in [-0.15, -0.1) is 0 Å². The third-order valence-corrected chi connectivity index (χ3v) is 4.95. The Labute approximate surface area is 156 Å². The predicted octanol–water partition coefficient (Wildman–Crippen LogP) is 3.76. The lowest BCUT2D eigenvalue weighted by molar-refractivity contribution is -0.116. The average Bonchev–Trinajstić information content (AvgIpc) is 2.58. The molecule has 1 aliphatic heterocycles. The van der Waals surface area contributed by atoms with E-state index >= 15 is 0 Å². The zero-order chi connectivity index (χ0) is 18.7. The van der Waals surface area contributed by atoms with Crippen molar-refractivity contribution in [1.29, 1.82) is 0 Å². The minimum Gasteiger partial charge on any atom is -0.444 e. The van der Waals surface area contributed by atoms with Gasteiger partial charge in [0.15, 0.2) is 0 Å². The quantitative estimate of drug-likeness (QED) is 0.859. The van der Waals surface area contributed by atoms with Crippen LogP contribution in [0.5, 0.6) is 0 Å². The van der Waals surface area contributed by atoms with Gasteiger partial charge in [-0.1, -0.05) is 42.1 Å². The van der Waals surface area contributed by atoms with Crippen molar-refractivity contribution >= 4 is 29.4 Å². The van der Waals surface area contributed by atoms with Crippen LogP contribution in [0, 0.1) is 0 Å². The van der Waals surface area contributed by atoms with E-state index in [0.29, 0.717) is 5.69 Å². The second kappa shape index (κ2) is 7.37. The molecule has 1 aromatic heterocycles. The second-order valence-corrected chi connectivity index (χ2v) is 8.05. The fourth-order valence-corrected chi connectivity index (χ4v) is 3.74. The topological polar surface area (TPSA) is 80.3 Å². The third kappa shape index (κ3) is 4.35. The molecule has 0 fully saturated rings. The van der Waals surface area contributed by atoms with Gasteiger partial charge in [-0.05, 0) is 38.5 Å². The first-order valence-corrected chi connectivity index (χ1v) is 9.18. The third-order valence-electron chi connectivity index (χ3n) is 3.66. The Morgan fingerprint density at radius 3 is 2.65 bits per heavy atom. The number of anilines is 1. The fraction of sp³-hybridized carbons (Fsp3) is 0.316. The van der Waals surface area contributed by atoms with Crippen molar-refractivity contribution in [2.75, 3.05) is 5.32 Å². The Bertz CT molecular complexity index is 805. The minimum absolute atomic E-state index is 0.180. The number of pyridine rings is 1. The van der Waals surface area contributed by atoms with E-state index in [4.69, 9.17) is 4.74 Å². The number of amides is 2. The van der Waals surface area contributed by atoms with Crippen molar-refractivity contribution in [2.45, 2.75) is 42.7 Å². The molecular weight excluding hydrogens is 350 g/mol. The van der Waals surface area contributed by atoms with Gasteiger partial charge in [0.1, 0.15) is 15.9 Å². The maximum Gasteiger partial charge on any atom is 0.408 e. The summed E-state index contributed by atoms with van der Waals surface area (Å²) in [5.74, 6) is -0.180. The van der Waals surface area contributed by atoms with Crippen LogP contribution in [-0.2, 0) is 9.53 Å². The van der Waals surface area contributed by atoms with Gasteiger partial charge in [-0.3, -0.25) is 4.79 Å². The lowest BCUT2D eigenvalue weighted by Gasteiger charge is -2.31. The molecule has 0 bridgehead atoms. The summed E-state index contributed by atoms with van der Waals surface area (Å²) < 4.78 is 5.38. The molecule has 0 saturated carbocycles. The van der Waals surface area contributed by atoms with E-state index in [1.165, 1.54) is 11.8 Å². The van der Waals surface area contributed by atoms with Gasteiger partial charge >= 0.3 is 6.09 Å². The van der Waals surface area contributed by atoms with Crippen LogP contribution in [0.15, 0.2) is 53.7 Å². The molecule has 0 radical (unpaired) electrons. The van der Waals surface area contributed by atoms with Gasteiger partial charge in [0.2, 0.25) is 5.91 Å². The summed E-state index contributed by atoms with van der Waals surface area (Å²) in [5.41, 5.74) is 0.884. The summed E-state index contributed by atoms with van der Waals surface area (Å²) in [7, 11) is 0. The van der Waals surface area contributed by atoms with E-state index in [2.05, 4.69) is 15.6 Å². The molecule has 0 aliphatic carbocycles. The van der Waals surface area contributed by atoms with Crippen molar-refractivity contribution < 1.29 is 14.3 Å². The first-order valence-electron chi connectivity index (χ1n) is 8.30. The molecule has 1 aromatic carbocycles. The number of hydrogen-bond acceptors (Lipinski definition) is 5. The number of aromatic nitrogens is 1. The normalized spacial score (nSPS) is 17.7. The van der Waals surface area contributed by atoms with E-state index in [-0.39, 0.29) is 5.91 Å². The number of ether oxygens (including phenoxy) is 1. The Morgan fingerprint density at radius 2 is 1.96 bits per heavy atom. The molecule has 2 aromatic rings. The van der Waals surface area contributed by atoms with Gasteiger partial charge in [0, 0.05) is 6.20 Å². The highest BCUT2D eigenvalue weighted by molar-refractivity contribution is 8.00. The Balaban J connectivity index is 1.89. The molecule has 3 rings (SSSR count). The van der Waals surface area contributed by atoms with Crippen molar-refractivity contribution in [2.24, 2.45) is 0 Å². The fourth-order valence-electron chi connectivity index (χ4n) is 2.61. The van der Waals surface area contributed by atoms with Crippen LogP contribution in [0.4, 0.5) is 10.5 Å². The van der Waals surface area contributed by atoms with Gasteiger partial charge in [0.25, 0.3) is 0 Å². The van der Waals surface area contributed by atoms with Gasteiger partial charge in [-0.2, -0.15) is 0 Å². The number of carbonyl (C=O) groups is 2. The van der Waals surface area contributed by atoms with Gasteiger partial charge in [0.05, 0.1) is 11.7 Å². The van der Waals surface area contributed by atoms with E-state index in [0.717, 1.165) is 10.6 Å². The van der Waals surface area contributed by atoms with Crippen molar-refractivity contribution in [3.63, 3.8) is 0 Å². The standard InChI is InChI=1S/C19H21N3O3S/c1-19(2,3)25-18(24)22-14(12-8-5-4-6-9-12)15-16(23)21-13-10-7-11-20-17(13)26-15/h4-11,14-15H,1-3H3,(H,21,23)(H,22,24)/t14-,15?/m1/s1. The number of thioether (sulfide) groups is 1.